The molecule has 2 amide bonds. The van der Waals surface area contributed by atoms with E-state index in [2.05, 4.69) is 10.6 Å². The monoisotopic (exact) mass is 354 g/mol. The Morgan fingerprint density at radius 3 is 2.36 bits per heavy atom. The zero-order valence-corrected chi connectivity index (χ0v) is 14.6. The molecule has 1 heterocycles. The van der Waals surface area contributed by atoms with Gasteiger partial charge in [0.25, 0.3) is 0 Å². The molecule has 0 aliphatic heterocycles. The van der Waals surface area contributed by atoms with E-state index in [1.807, 2.05) is 47.8 Å². The summed E-state index contributed by atoms with van der Waals surface area (Å²) in [5, 5.41) is 7.79. The number of carbonyl (C=O) groups excluding carboxylic acids is 1. The molecular formula is C20H19FN2OS. The van der Waals surface area contributed by atoms with Crippen molar-refractivity contribution in [3.63, 3.8) is 0 Å². The average Bonchev–Trinajstić information content (AvgIpc) is 3.15. The summed E-state index contributed by atoms with van der Waals surface area (Å²) in [6.45, 7) is 1.76. The molecule has 3 nitrogen and oxygen atoms in total. The third kappa shape index (κ3) is 4.25. The maximum Gasteiger partial charge on any atom is 0.316 e. The van der Waals surface area contributed by atoms with Crippen LogP contribution in [0, 0.1) is 5.82 Å². The number of rotatable bonds is 5. The van der Waals surface area contributed by atoms with Gasteiger partial charge in [0.1, 0.15) is 5.82 Å². The number of urea groups is 1. The van der Waals surface area contributed by atoms with E-state index >= 15 is 0 Å². The Kier molecular flexibility index (Phi) is 5.46. The van der Waals surface area contributed by atoms with Gasteiger partial charge in [0.2, 0.25) is 0 Å². The molecule has 2 atom stereocenters. The molecule has 0 saturated carbocycles. The minimum atomic E-state index is -0.430. The van der Waals surface area contributed by atoms with Gasteiger partial charge in [0, 0.05) is 10.4 Å². The summed E-state index contributed by atoms with van der Waals surface area (Å²) in [6.07, 6.45) is 0. The minimum Gasteiger partial charge on any atom is -0.332 e. The number of benzene rings is 2. The fourth-order valence-electron chi connectivity index (χ4n) is 2.69. The van der Waals surface area contributed by atoms with Gasteiger partial charge < -0.3 is 10.6 Å². The first-order valence-corrected chi connectivity index (χ1v) is 8.93. The third-order valence-corrected chi connectivity index (χ3v) is 4.89. The van der Waals surface area contributed by atoms with Gasteiger partial charge in [-0.2, -0.15) is 0 Å². The molecule has 3 aromatic rings. The highest BCUT2D eigenvalue weighted by Crippen LogP contribution is 2.26. The molecule has 0 radical (unpaired) electrons. The lowest BCUT2D eigenvalue weighted by Crippen LogP contribution is -2.39. The van der Waals surface area contributed by atoms with Crippen molar-refractivity contribution in [1.29, 1.82) is 0 Å². The van der Waals surface area contributed by atoms with Crippen molar-refractivity contribution in [1.82, 2.24) is 10.6 Å². The van der Waals surface area contributed by atoms with Gasteiger partial charge in [0.05, 0.1) is 12.1 Å². The van der Waals surface area contributed by atoms with Crippen LogP contribution < -0.4 is 10.6 Å². The van der Waals surface area contributed by atoms with Gasteiger partial charge in [-0.3, -0.25) is 0 Å². The van der Waals surface area contributed by atoms with Crippen molar-refractivity contribution in [3.05, 3.63) is 93.9 Å². The number of hydrogen-bond acceptors (Lipinski definition) is 2. The quantitative estimate of drug-likeness (QED) is 0.662. The van der Waals surface area contributed by atoms with Crippen LogP contribution in [-0.2, 0) is 0 Å². The molecule has 1 aromatic heterocycles. The summed E-state index contributed by atoms with van der Waals surface area (Å²) in [4.78, 5) is 13.5. The topological polar surface area (TPSA) is 41.1 Å². The molecule has 0 aliphatic carbocycles. The standard InChI is InChI=1S/C20H19FN2OS/c1-14(16-10-5-6-11-17(16)21)22-20(24)23-19(18-12-7-13-25-18)15-8-3-2-4-9-15/h2-14,19H,1H3,(H2,22,23,24)/t14-,19-/m0/s1. The van der Waals surface area contributed by atoms with Gasteiger partial charge in [-0.15, -0.1) is 11.3 Å². The summed E-state index contributed by atoms with van der Waals surface area (Å²) in [5.41, 5.74) is 1.46. The van der Waals surface area contributed by atoms with Crippen molar-refractivity contribution in [2.45, 2.75) is 19.0 Å². The molecule has 128 valence electrons. The van der Waals surface area contributed by atoms with Crippen LogP contribution in [0.4, 0.5) is 9.18 Å². The van der Waals surface area contributed by atoms with Gasteiger partial charge >= 0.3 is 6.03 Å². The lowest BCUT2D eigenvalue weighted by molar-refractivity contribution is 0.235. The summed E-state index contributed by atoms with van der Waals surface area (Å²) < 4.78 is 13.9. The predicted octanol–water partition coefficient (Wildman–Crippen LogP) is 5.04. The van der Waals surface area contributed by atoms with Crippen LogP contribution in [0.15, 0.2) is 72.1 Å². The predicted molar refractivity (Wildman–Crippen MR) is 99.1 cm³/mol. The van der Waals surface area contributed by atoms with Crippen LogP contribution in [-0.4, -0.2) is 6.03 Å². The summed E-state index contributed by atoms with van der Waals surface area (Å²) in [7, 11) is 0. The van der Waals surface area contributed by atoms with E-state index in [1.165, 1.54) is 6.07 Å². The largest absolute Gasteiger partial charge is 0.332 e. The number of amides is 2. The van der Waals surface area contributed by atoms with Crippen LogP contribution in [0.2, 0.25) is 0 Å². The Morgan fingerprint density at radius 2 is 1.68 bits per heavy atom. The molecule has 0 fully saturated rings. The van der Waals surface area contributed by atoms with E-state index in [0.717, 1.165) is 10.4 Å². The SMILES string of the molecule is C[C@H](NC(=O)N[C@@H](c1ccccc1)c1cccs1)c1ccccc1F. The highest BCUT2D eigenvalue weighted by Gasteiger charge is 2.19. The fourth-order valence-corrected chi connectivity index (χ4v) is 3.50. The van der Waals surface area contributed by atoms with Crippen molar-refractivity contribution >= 4 is 17.4 Å². The van der Waals surface area contributed by atoms with E-state index in [-0.39, 0.29) is 17.9 Å². The number of nitrogens with one attached hydrogen (secondary N) is 2. The van der Waals surface area contributed by atoms with Gasteiger partial charge in [-0.05, 0) is 30.0 Å². The molecule has 2 aromatic carbocycles. The number of carbonyl (C=O) groups is 1. The number of thiophene rings is 1. The zero-order valence-electron chi connectivity index (χ0n) is 13.8. The Morgan fingerprint density at radius 1 is 0.960 bits per heavy atom. The first-order valence-electron chi connectivity index (χ1n) is 8.05. The van der Waals surface area contributed by atoms with Gasteiger partial charge in [-0.1, -0.05) is 54.6 Å². The van der Waals surface area contributed by atoms with E-state index in [1.54, 1.807) is 36.5 Å². The Labute approximate surface area is 150 Å². The van der Waals surface area contributed by atoms with Crippen molar-refractivity contribution in [2.24, 2.45) is 0 Å². The minimum absolute atomic E-state index is 0.242. The van der Waals surface area contributed by atoms with Crippen LogP contribution in [0.3, 0.4) is 0 Å². The van der Waals surface area contributed by atoms with Crippen LogP contribution >= 0.6 is 11.3 Å². The summed E-state index contributed by atoms with van der Waals surface area (Å²) >= 11 is 1.58. The normalized spacial score (nSPS) is 13.0. The molecular weight excluding hydrogens is 335 g/mol. The molecule has 25 heavy (non-hydrogen) atoms. The zero-order chi connectivity index (χ0) is 17.6. The molecule has 2 N–H and O–H groups in total. The Bertz CT molecular complexity index is 821. The van der Waals surface area contributed by atoms with Crippen molar-refractivity contribution < 1.29 is 9.18 Å². The van der Waals surface area contributed by atoms with Gasteiger partial charge in [0.15, 0.2) is 0 Å². The fraction of sp³-hybridized carbons (Fsp3) is 0.150. The maximum absolute atomic E-state index is 13.9. The van der Waals surface area contributed by atoms with Crippen LogP contribution in [0.5, 0.6) is 0 Å². The smallest absolute Gasteiger partial charge is 0.316 e. The molecule has 3 rings (SSSR count). The summed E-state index contributed by atoms with van der Waals surface area (Å²) in [5.74, 6) is -0.326. The molecule has 0 saturated heterocycles. The lowest BCUT2D eigenvalue weighted by atomic mass is 10.1. The van der Waals surface area contributed by atoms with Crippen molar-refractivity contribution in [2.75, 3.05) is 0 Å². The van der Waals surface area contributed by atoms with Gasteiger partial charge in [-0.25, -0.2) is 9.18 Å². The summed E-state index contributed by atoms with van der Waals surface area (Å²) in [6, 6.07) is 19.2. The second-order valence-electron chi connectivity index (χ2n) is 5.72. The van der Waals surface area contributed by atoms with Crippen LogP contribution in [0.1, 0.15) is 35.0 Å². The van der Waals surface area contributed by atoms with E-state index < -0.39 is 6.04 Å². The molecule has 5 heteroatoms. The van der Waals surface area contributed by atoms with E-state index in [4.69, 9.17) is 0 Å². The highest BCUT2D eigenvalue weighted by molar-refractivity contribution is 7.10. The highest BCUT2D eigenvalue weighted by atomic mass is 32.1. The molecule has 0 aliphatic rings. The first kappa shape index (κ1) is 17.2. The Balaban J connectivity index is 1.74. The molecule has 0 spiro atoms. The third-order valence-electron chi connectivity index (χ3n) is 3.96. The van der Waals surface area contributed by atoms with Crippen LogP contribution in [0.25, 0.3) is 0 Å². The second-order valence-corrected chi connectivity index (χ2v) is 6.70. The second kappa shape index (κ2) is 7.94. The Hall–Kier alpha value is -2.66. The maximum atomic E-state index is 13.9. The van der Waals surface area contributed by atoms with E-state index in [9.17, 15) is 9.18 Å². The first-order chi connectivity index (χ1) is 12.1. The molecule has 0 bridgehead atoms. The molecule has 0 unspecified atom stereocenters. The average molecular weight is 354 g/mol. The van der Waals surface area contributed by atoms with E-state index in [0.29, 0.717) is 5.56 Å². The van der Waals surface area contributed by atoms with Crippen molar-refractivity contribution in [3.8, 4) is 0 Å². The lowest BCUT2D eigenvalue weighted by Gasteiger charge is -2.21. The number of halogens is 1. The number of hydrogen-bond donors (Lipinski definition) is 2.